The largest absolute Gasteiger partial charge is 0.508 e. The number of halogens is 1. The lowest BCUT2D eigenvalue weighted by molar-refractivity contribution is 0.253. The molecule has 5 aromatic rings. The highest BCUT2D eigenvalue weighted by molar-refractivity contribution is 5.84. The molecule has 35 heavy (non-hydrogen) atoms. The lowest BCUT2D eigenvalue weighted by Crippen LogP contribution is -2.43. The Bertz CT molecular complexity index is 1550. The van der Waals surface area contributed by atoms with Crippen molar-refractivity contribution in [2.24, 2.45) is 5.73 Å². The van der Waals surface area contributed by atoms with Crippen LogP contribution in [0.1, 0.15) is 24.8 Å². The van der Waals surface area contributed by atoms with Crippen molar-refractivity contribution in [1.82, 2.24) is 19.5 Å². The maximum absolute atomic E-state index is 14.0. The SMILES string of the molecule is Nc1ncccc1-c1nc2ccc(-c3cc(O)cc(F)c3)nc2n1-c1ccc(C2(N)CCC2)cc1. The van der Waals surface area contributed by atoms with E-state index in [0.29, 0.717) is 39.6 Å². The highest BCUT2D eigenvalue weighted by Gasteiger charge is 2.34. The van der Waals surface area contributed by atoms with Crippen LogP contribution >= 0.6 is 0 Å². The molecule has 5 N–H and O–H groups in total. The fraction of sp³-hybridized carbons (Fsp3) is 0.148. The lowest BCUT2D eigenvalue weighted by atomic mass is 9.73. The summed E-state index contributed by atoms with van der Waals surface area (Å²) in [6.07, 6.45) is 4.72. The minimum Gasteiger partial charge on any atom is -0.508 e. The first-order chi connectivity index (χ1) is 16.9. The van der Waals surface area contributed by atoms with E-state index in [1.165, 1.54) is 12.1 Å². The van der Waals surface area contributed by atoms with Crippen LogP contribution in [0.2, 0.25) is 0 Å². The molecule has 0 saturated heterocycles. The summed E-state index contributed by atoms with van der Waals surface area (Å²) in [5.41, 5.74) is 17.3. The van der Waals surface area contributed by atoms with Gasteiger partial charge in [0.2, 0.25) is 0 Å². The smallest absolute Gasteiger partial charge is 0.165 e. The maximum Gasteiger partial charge on any atom is 0.165 e. The molecular formula is C27H23FN6O. The molecule has 3 heterocycles. The predicted octanol–water partition coefficient (Wildman–Crippen LogP) is 4.91. The second-order valence-electron chi connectivity index (χ2n) is 9.00. The number of nitrogen functional groups attached to an aromatic ring is 1. The summed E-state index contributed by atoms with van der Waals surface area (Å²) in [6.45, 7) is 0. The molecule has 0 atom stereocenters. The number of phenols is 1. The average molecular weight is 467 g/mol. The number of hydrogen-bond donors (Lipinski definition) is 3. The van der Waals surface area contributed by atoms with Crippen molar-refractivity contribution in [3.63, 3.8) is 0 Å². The zero-order chi connectivity index (χ0) is 24.2. The summed E-state index contributed by atoms with van der Waals surface area (Å²) in [6, 6.07) is 19.2. The topological polar surface area (TPSA) is 116 Å². The van der Waals surface area contributed by atoms with Gasteiger partial charge in [-0.3, -0.25) is 4.57 Å². The number of nitrogens with zero attached hydrogens (tertiary/aromatic N) is 4. The molecule has 0 bridgehead atoms. The second kappa shape index (κ2) is 7.89. The number of anilines is 1. The first-order valence-corrected chi connectivity index (χ1v) is 11.4. The Labute approximate surface area is 200 Å². The van der Waals surface area contributed by atoms with Gasteiger partial charge in [-0.2, -0.15) is 0 Å². The van der Waals surface area contributed by atoms with E-state index in [0.717, 1.165) is 36.6 Å². The second-order valence-corrected chi connectivity index (χ2v) is 9.00. The third kappa shape index (κ3) is 3.59. The van der Waals surface area contributed by atoms with E-state index in [4.69, 9.17) is 21.4 Å². The summed E-state index contributed by atoms with van der Waals surface area (Å²) < 4.78 is 15.9. The monoisotopic (exact) mass is 466 g/mol. The van der Waals surface area contributed by atoms with Crippen LogP contribution in [0.15, 0.2) is 72.9 Å². The molecular weight excluding hydrogens is 443 g/mol. The highest BCUT2D eigenvalue weighted by atomic mass is 19.1. The molecule has 1 fully saturated rings. The summed E-state index contributed by atoms with van der Waals surface area (Å²) in [5, 5.41) is 9.88. The van der Waals surface area contributed by atoms with Gasteiger partial charge in [0.05, 0.1) is 11.3 Å². The fourth-order valence-corrected chi connectivity index (χ4v) is 4.66. The minimum absolute atomic E-state index is 0.165. The van der Waals surface area contributed by atoms with Gasteiger partial charge in [0.25, 0.3) is 0 Å². The van der Waals surface area contributed by atoms with Crippen molar-refractivity contribution in [1.29, 1.82) is 0 Å². The van der Waals surface area contributed by atoms with Crippen LogP contribution in [0.4, 0.5) is 10.2 Å². The van der Waals surface area contributed by atoms with Crippen molar-refractivity contribution < 1.29 is 9.50 Å². The Morgan fingerprint density at radius 1 is 0.971 bits per heavy atom. The van der Waals surface area contributed by atoms with E-state index in [-0.39, 0.29) is 11.3 Å². The summed E-state index contributed by atoms with van der Waals surface area (Å²) in [5.74, 6) is 0.241. The van der Waals surface area contributed by atoms with Gasteiger partial charge in [0.15, 0.2) is 11.5 Å². The normalized spacial score (nSPS) is 14.7. The Balaban J connectivity index is 1.57. The number of aromatic hydroxyl groups is 1. The molecule has 0 radical (unpaired) electrons. The maximum atomic E-state index is 14.0. The van der Waals surface area contributed by atoms with Gasteiger partial charge in [-0.05, 0) is 73.4 Å². The Hall–Kier alpha value is -4.30. The third-order valence-electron chi connectivity index (χ3n) is 6.71. The number of hydrogen-bond acceptors (Lipinski definition) is 6. The fourth-order valence-electron chi connectivity index (χ4n) is 4.66. The van der Waals surface area contributed by atoms with Crippen LogP contribution in [0, 0.1) is 5.82 Å². The standard InChI is InChI=1S/C27H23FN6O/c28-18-13-16(14-20(35)15-18)22-8-9-23-26(32-22)34(25(33-23)21-3-1-12-31-24(21)29)19-6-4-17(5-7-19)27(30)10-2-11-27/h1,3-9,12-15,35H,2,10-11,30H2,(H2,29,31). The third-order valence-corrected chi connectivity index (χ3v) is 6.71. The predicted molar refractivity (Wildman–Crippen MR) is 133 cm³/mol. The molecule has 2 aromatic carbocycles. The first-order valence-electron chi connectivity index (χ1n) is 11.4. The summed E-state index contributed by atoms with van der Waals surface area (Å²) in [7, 11) is 0. The zero-order valence-electron chi connectivity index (χ0n) is 18.8. The van der Waals surface area contributed by atoms with Gasteiger partial charge in [0, 0.05) is 29.1 Å². The van der Waals surface area contributed by atoms with Gasteiger partial charge in [-0.25, -0.2) is 19.3 Å². The number of pyridine rings is 2. The number of benzene rings is 2. The van der Waals surface area contributed by atoms with Crippen molar-refractivity contribution in [2.45, 2.75) is 24.8 Å². The molecule has 8 heteroatoms. The van der Waals surface area contributed by atoms with Crippen LogP contribution in [-0.4, -0.2) is 24.6 Å². The van der Waals surface area contributed by atoms with E-state index in [2.05, 4.69) is 4.98 Å². The highest BCUT2D eigenvalue weighted by Crippen LogP contribution is 2.39. The van der Waals surface area contributed by atoms with Crippen molar-refractivity contribution >= 4 is 17.0 Å². The number of fused-ring (bicyclic) bond motifs is 1. The molecule has 1 saturated carbocycles. The van der Waals surface area contributed by atoms with Crippen molar-refractivity contribution in [3.05, 3.63) is 84.3 Å². The van der Waals surface area contributed by atoms with E-state index in [1.807, 2.05) is 47.0 Å². The number of nitrogens with two attached hydrogens (primary N) is 2. The van der Waals surface area contributed by atoms with Gasteiger partial charge < -0.3 is 16.6 Å². The van der Waals surface area contributed by atoms with Crippen molar-refractivity contribution in [3.8, 4) is 34.1 Å². The van der Waals surface area contributed by atoms with E-state index >= 15 is 0 Å². The van der Waals surface area contributed by atoms with Gasteiger partial charge in [0.1, 0.15) is 22.9 Å². The Morgan fingerprint density at radius 3 is 2.46 bits per heavy atom. The Kier molecular flexibility index (Phi) is 4.79. The number of aromatic nitrogens is 4. The molecule has 0 unspecified atom stereocenters. The molecule has 174 valence electrons. The van der Waals surface area contributed by atoms with Crippen LogP contribution in [0.5, 0.6) is 5.75 Å². The van der Waals surface area contributed by atoms with Gasteiger partial charge in [-0.15, -0.1) is 0 Å². The average Bonchev–Trinajstić information content (AvgIpc) is 3.21. The molecule has 3 aromatic heterocycles. The summed E-state index contributed by atoms with van der Waals surface area (Å²) in [4.78, 5) is 13.9. The molecule has 7 nitrogen and oxygen atoms in total. The molecule has 0 amide bonds. The van der Waals surface area contributed by atoms with Gasteiger partial charge >= 0.3 is 0 Å². The number of rotatable bonds is 4. The molecule has 0 aliphatic heterocycles. The minimum atomic E-state index is -0.540. The van der Waals surface area contributed by atoms with Crippen LogP contribution in [-0.2, 0) is 5.54 Å². The van der Waals surface area contributed by atoms with Gasteiger partial charge in [-0.1, -0.05) is 12.1 Å². The van der Waals surface area contributed by atoms with Crippen LogP contribution in [0.25, 0.3) is 39.5 Å². The molecule has 1 aliphatic carbocycles. The first kappa shape index (κ1) is 21.2. The van der Waals surface area contributed by atoms with E-state index in [9.17, 15) is 9.50 Å². The van der Waals surface area contributed by atoms with Crippen molar-refractivity contribution in [2.75, 3.05) is 5.73 Å². The van der Waals surface area contributed by atoms with E-state index in [1.54, 1.807) is 12.3 Å². The quantitative estimate of drug-likeness (QED) is 0.346. The van der Waals surface area contributed by atoms with E-state index < -0.39 is 5.82 Å². The molecule has 6 rings (SSSR count). The Morgan fingerprint density at radius 2 is 1.77 bits per heavy atom. The summed E-state index contributed by atoms with van der Waals surface area (Å²) >= 11 is 0. The van der Waals surface area contributed by atoms with Crippen LogP contribution in [0.3, 0.4) is 0 Å². The number of phenolic OH excluding ortho intramolecular Hbond substituents is 1. The molecule has 1 aliphatic rings. The van der Waals surface area contributed by atoms with Crippen LogP contribution < -0.4 is 11.5 Å². The number of imidazole rings is 1. The zero-order valence-corrected chi connectivity index (χ0v) is 18.8. The lowest BCUT2D eigenvalue weighted by Gasteiger charge is -2.38. The molecule has 0 spiro atoms.